The third kappa shape index (κ3) is 5.38. The number of hydrazone groups is 1. The fourth-order valence-electron chi connectivity index (χ4n) is 1.44. The number of anilines is 1. The van der Waals surface area contributed by atoms with E-state index in [0.29, 0.717) is 0 Å². The van der Waals surface area contributed by atoms with Crippen LogP contribution in [0.1, 0.15) is 30.7 Å². The molecule has 0 saturated heterocycles. The van der Waals surface area contributed by atoms with Crippen molar-refractivity contribution in [2.75, 3.05) is 5.43 Å². The van der Waals surface area contributed by atoms with Gasteiger partial charge in [0.15, 0.2) is 0 Å². The number of nitrogens with one attached hydrogen (secondary N) is 1. The Hall–Kier alpha value is -2.16. The van der Waals surface area contributed by atoms with E-state index in [1.165, 1.54) is 11.3 Å². The first-order valence-electron chi connectivity index (χ1n) is 6.49. The summed E-state index contributed by atoms with van der Waals surface area (Å²) in [6.07, 6.45) is 1.73. The van der Waals surface area contributed by atoms with Gasteiger partial charge in [-0.2, -0.15) is 5.10 Å². The standard InChI is InChI=1S/C16H17N3OS/c1-12-11-21-15(18-12)19-17-10-14-6-4-13(5-7-14)8-9-16(2,3)20/h4-7,10-11,20H,1-3H3,(H,18,19). The zero-order valence-electron chi connectivity index (χ0n) is 12.2. The van der Waals surface area contributed by atoms with Crippen LogP contribution in [-0.2, 0) is 0 Å². The second-order valence-electron chi connectivity index (χ2n) is 5.10. The highest BCUT2D eigenvalue weighted by Crippen LogP contribution is 2.14. The number of hydrogen-bond donors (Lipinski definition) is 2. The van der Waals surface area contributed by atoms with Crippen molar-refractivity contribution in [1.29, 1.82) is 0 Å². The lowest BCUT2D eigenvalue weighted by Crippen LogP contribution is -2.14. The van der Waals surface area contributed by atoms with Gasteiger partial charge in [-0.25, -0.2) is 4.98 Å². The highest BCUT2D eigenvalue weighted by Gasteiger charge is 2.05. The molecule has 108 valence electrons. The Bertz CT molecular complexity index is 685. The van der Waals surface area contributed by atoms with Gasteiger partial charge in [-0.15, -0.1) is 11.3 Å². The monoisotopic (exact) mass is 299 g/mol. The fourth-order valence-corrected chi connectivity index (χ4v) is 2.08. The molecule has 0 amide bonds. The summed E-state index contributed by atoms with van der Waals surface area (Å²) in [5.41, 5.74) is 4.71. The Labute approximate surface area is 128 Å². The second-order valence-corrected chi connectivity index (χ2v) is 5.95. The predicted octanol–water partition coefficient (Wildman–Crippen LogP) is 3.02. The van der Waals surface area contributed by atoms with Gasteiger partial charge in [0, 0.05) is 10.9 Å². The Kier molecular flexibility index (Phi) is 4.73. The van der Waals surface area contributed by atoms with E-state index in [9.17, 15) is 5.11 Å². The van der Waals surface area contributed by atoms with Crippen LogP contribution < -0.4 is 5.43 Å². The number of nitrogens with zero attached hydrogens (tertiary/aromatic N) is 2. The minimum Gasteiger partial charge on any atom is -0.378 e. The maximum Gasteiger partial charge on any atom is 0.203 e. The van der Waals surface area contributed by atoms with E-state index in [1.807, 2.05) is 36.6 Å². The molecule has 2 N–H and O–H groups in total. The minimum atomic E-state index is -0.976. The summed E-state index contributed by atoms with van der Waals surface area (Å²) in [5.74, 6) is 5.71. The molecule has 0 fully saturated rings. The van der Waals surface area contributed by atoms with Crippen LogP contribution in [0.5, 0.6) is 0 Å². The van der Waals surface area contributed by atoms with Crippen LogP contribution in [0, 0.1) is 18.8 Å². The molecule has 0 atom stereocenters. The molecule has 21 heavy (non-hydrogen) atoms. The molecule has 0 saturated carbocycles. The summed E-state index contributed by atoms with van der Waals surface area (Å²) < 4.78 is 0. The Balaban J connectivity index is 1.97. The Morgan fingerprint density at radius 3 is 2.62 bits per heavy atom. The smallest absolute Gasteiger partial charge is 0.203 e. The molecule has 0 bridgehead atoms. The molecule has 0 radical (unpaired) electrons. The third-order valence-electron chi connectivity index (χ3n) is 2.42. The van der Waals surface area contributed by atoms with Crippen molar-refractivity contribution >= 4 is 22.7 Å². The molecule has 1 heterocycles. The van der Waals surface area contributed by atoms with Gasteiger partial charge in [-0.3, -0.25) is 5.43 Å². The van der Waals surface area contributed by atoms with Crippen LogP contribution in [0.2, 0.25) is 0 Å². The molecule has 1 aromatic carbocycles. The average Bonchev–Trinajstić information content (AvgIpc) is 2.83. The van der Waals surface area contributed by atoms with Gasteiger partial charge in [0.25, 0.3) is 0 Å². The summed E-state index contributed by atoms with van der Waals surface area (Å²) in [6, 6.07) is 7.64. The third-order valence-corrected chi connectivity index (χ3v) is 3.28. The quantitative estimate of drug-likeness (QED) is 0.520. The van der Waals surface area contributed by atoms with Crippen molar-refractivity contribution in [2.45, 2.75) is 26.4 Å². The fraction of sp³-hybridized carbons (Fsp3) is 0.250. The first-order valence-corrected chi connectivity index (χ1v) is 7.37. The largest absolute Gasteiger partial charge is 0.378 e. The van der Waals surface area contributed by atoms with Crippen molar-refractivity contribution in [3.63, 3.8) is 0 Å². The van der Waals surface area contributed by atoms with E-state index in [4.69, 9.17) is 0 Å². The van der Waals surface area contributed by atoms with Crippen molar-refractivity contribution in [3.8, 4) is 11.8 Å². The van der Waals surface area contributed by atoms with Crippen molar-refractivity contribution in [1.82, 2.24) is 4.98 Å². The zero-order valence-corrected chi connectivity index (χ0v) is 13.0. The van der Waals surface area contributed by atoms with E-state index in [2.05, 4.69) is 27.4 Å². The van der Waals surface area contributed by atoms with Gasteiger partial charge in [0.1, 0.15) is 5.60 Å². The van der Waals surface area contributed by atoms with Crippen LogP contribution in [0.4, 0.5) is 5.13 Å². The predicted molar refractivity (Wildman–Crippen MR) is 87.7 cm³/mol. The van der Waals surface area contributed by atoms with Gasteiger partial charge in [-0.05, 0) is 38.5 Å². The van der Waals surface area contributed by atoms with Crippen molar-refractivity contribution in [2.24, 2.45) is 5.10 Å². The second kappa shape index (κ2) is 6.53. The van der Waals surface area contributed by atoms with E-state index in [-0.39, 0.29) is 0 Å². The molecule has 2 rings (SSSR count). The van der Waals surface area contributed by atoms with Gasteiger partial charge >= 0.3 is 0 Å². The summed E-state index contributed by atoms with van der Waals surface area (Å²) in [7, 11) is 0. The van der Waals surface area contributed by atoms with Gasteiger partial charge in [0.05, 0.1) is 11.9 Å². The van der Waals surface area contributed by atoms with Crippen molar-refractivity contribution in [3.05, 3.63) is 46.5 Å². The molecule has 0 aliphatic heterocycles. The number of benzene rings is 1. The first kappa shape index (κ1) is 15.2. The molecular formula is C16H17N3OS. The molecule has 0 aliphatic carbocycles. The van der Waals surface area contributed by atoms with E-state index in [1.54, 1.807) is 20.1 Å². The maximum absolute atomic E-state index is 9.55. The summed E-state index contributed by atoms with van der Waals surface area (Å²) >= 11 is 1.52. The number of aromatic nitrogens is 1. The normalized spacial score (nSPS) is 11.2. The van der Waals surface area contributed by atoms with Crippen LogP contribution in [0.25, 0.3) is 0 Å². The SMILES string of the molecule is Cc1csc(NN=Cc2ccc(C#CC(C)(C)O)cc2)n1. The average molecular weight is 299 g/mol. The van der Waals surface area contributed by atoms with Crippen LogP contribution >= 0.6 is 11.3 Å². The lowest BCUT2D eigenvalue weighted by Gasteiger charge is -2.05. The molecule has 4 nitrogen and oxygen atoms in total. The number of aliphatic hydroxyl groups is 1. The van der Waals surface area contributed by atoms with Gasteiger partial charge in [-0.1, -0.05) is 24.0 Å². The molecule has 0 spiro atoms. The van der Waals surface area contributed by atoms with E-state index >= 15 is 0 Å². The molecule has 5 heteroatoms. The highest BCUT2D eigenvalue weighted by molar-refractivity contribution is 7.13. The maximum atomic E-state index is 9.55. The van der Waals surface area contributed by atoms with Crippen LogP contribution in [-0.4, -0.2) is 21.9 Å². The number of aryl methyl sites for hydroxylation is 1. The summed E-state index contributed by atoms with van der Waals surface area (Å²) in [4.78, 5) is 4.26. The van der Waals surface area contributed by atoms with Gasteiger partial charge < -0.3 is 5.11 Å². The van der Waals surface area contributed by atoms with E-state index < -0.39 is 5.60 Å². The lowest BCUT2D eigenvalue weighted by molar-refractivity contribution is 0.143. The lowest BCUT2D eigenvalue weighted by atomic mass is 10.1. The summed E-state index contributed by atoms with van der Waals surface area (Å²) in [6.45, 7) is 5.26. The van der Waals surface area contributed by atoms with Crippen molar-refractivity contribution < 1.29 is 5.11 Å². The zero-order chi connectivity index (χ0) is 15.3. The highest BCUT2D eigenvalue weighted by atomic mass is 32.1. The molecule has 1 aromatic heterocycles. The summed E-state index contributed by atoms with van der Waals surface area (Å²) in [5, 5.41) is 16.4. The van der Waals surface area contributed by atoms with Gasteiger partial charge in [0.2, 0.25) is 5.13 Å². The molecule has 0 aliphatic rings. The number of rotatable bonds is 3. The first-order chi connectivity index (χ1) is 9.92. The van der Waals surface area contributed by atoms with E-state index in [0.717, 1.165) is 22.0 Å². The van der Waals surface area contributed by atoms with Crippen LogP contribution in [0.3, 0.4) is 0 Å². The molecule has 2 aromatic rings. The topological polar surface area (TPSA) is 57.5 Å². The molecular weight excluding hydrogens is 282 g/mol. The minimum absolute atomic E-state index is 0.774. The van der Waals surface area contributed by atoms with Crippen LogP contribution in [0.15, 0.2) is 34.7 Å². The molecule has 0 unspecified atom stereocenters. The Morgan fingerprint density at radius 2 is 2.05 bits per heavy atom. The number of hydrogen-bond acceptors (Lipinski definition) is 5. The Morgan fingerprint density at radius 1 is 1.33 bits per heavy atom. The number of thiazole rings is 1.